The number of carbonyl (C=O) groups excluding carboxylic acids is 1. The Morgan fingerprint density at radius 3 is 2.24 bits per heavy atom. The Balaban J connectivity index is 1.82. The molecule has 1 unspecified atom stereocenters. The first kappa shape index (κ1) is 24.6. The molecule has 0 aliphatic rings. The molecule has 1 atom stereocenters. The van der Waals surface area contributed by atoms with Crippen LogP contribution in [0.1, 0.15) is 24.1 Å². The second kappa shape index (κ2) is 9.46. The number of benzene rings is 2. The van der Waals surface area contributed by atoms with Crippen molar-refractivity contribution >= 4 is 33.3 Å². The number of alkyl halides is 5. The number of nitrogens with zero attached hydrogens (tertiary/aromatic N) is 1. The fourth-order valence-corrected chi connectivity index (χ4v) is 3.60. The number of hydrogen-bond acceptors (Lipinski definition) is 3. The highest BCUT2D eigenvalue weighted by Crippen LogP contribution is 2.37. The van der Waals surface area contributed by atoms with Crippen LogP contribution in [0.15, 0.2) is 65.3 Å². The minimum absolute atomic E-state index is 0.0243. The molecule has 1 aromatic heterocycles. The minimum Gasteiger partial charge on any atom is -0.362 e. The Labute approximate surface area is 195 Å². The number of carbonyl (C=O) groups is 1. The van der Waals surface area contributed by atoms with Crippen molar-refractivity contribution in [2.75, 3.05) is 10.6 Å². The Bertz CT molecular complexity index is 1150. The predicted molar refractivity (Wildman–Crippen MR) is 120 cm³/mol. The number of anilines is 2. The van der Waals surface area contributed by atoms with Gasteiger partial charge in [-0.1, -0.05) is 58.4 Å². The van der Waals surface area contributed by atoms with Gasteiger partial charge < -0.3 is 10.6 Å². The molecule has 2 N–H and O–H groups in total. The van der Waals surface area contributed by atoms with E-state index < -0.39 is 24.0 Å². The number of pyridine rings is 1. The molecule has 10 heteroatoms. The summed E-state index contributed by atoms with van der Waals surface area (Å²) in [6.07, 6.45) is -4.65. The van der Waals surface area contributed by atoms with E-state index in [0.717, 1.165) is 21.2 Å². The van der Waals surface area contributed by atoms with E-state index in [-0.39, 0.29) is 17.1 Å². The molecule has 4 nitrogen and oxygen atoms in total. The first-order valence-corrected chi connectivity index (χ1v) is 10.5. The number of aromatic nitrogens is 1. The Morgan fingerprint density at radius 1 is 1.00 bits per heavy atom. The molecule has 0 bridgehead atoms. The number of rotatable bonds is 6. The van der Waals surface area contributed by atoms with E-state index in [4.69, 9.17) is 0 Å². The van der Waals surface area contributed by atoms with Crippen molar-refractivity contribution in [3.05, 3.63) is 76.4 Å². The van der Waals surface area contributed by atoms with E-state index >= 15 is 0 Å². The third kappa shape index (κ3) is 5.32. The summed E-state index contributed by atoms with van der Waals surface area (Å²) in [7, 11) is 0. The SMILES string of the molecule is Cc1ccnc(NC(C)c2ccc(-c3ccccc3Br)cc2)c1NC(=O)C(F)(F)C(F)(F)F. The van der Waals surface area contributed by atoms with Gasteiger partial charge in [0, 0.05) is 10.7 Å². The lowest BCUT2D eigenvalue weighted by Crippen LogP contribution is -2.47. The molecule has 0 saturated carbocycles. The van der Waals surface area contributed by atoms with E-state index in [2.05, 4.69) is 26.2 Å². The topological polar surface area (TPSA) is 54.0 Å². The van der Waals surface area contributed by atoms with Gasteiger partial charge in [0.25, 0.3) is 0 Å². The monoisotopic (exact) mass is 527 g/mol. The van der Waals surface area contributed by atoms with Gasteiger partial charge in [0.15, 0.2) is 5.82 Å². The molecule has 0 radical (unpaired) electrons. The van der Waals surface area contributed by atoms with Gasteiger partial charge in [-0.3, -0.25) is 4.79 Å². The highest BCUT2D eigenvalue weighted by Gasteiger charge is 2.63. The van der Waals surface area contributed by atoms with E-state index in [1.807, 2.05) is 48.5 Å². The molecule has 1 heterocycles. The third-order valence-electron chi connectivity index (χ3n) is 4.99. The van der Waals surface area contributed by atoms with Crippen molar-refractivity contribution in [1.82, 2.24) is 4.98 Å². The first-order chi connectivity index (χ1) is 15.4. The van der Waals surface area contributed by atoms with Crippen LogP contribution in [0.25, 0.3) is 11.1 Å². The first-order valence-electron chi connectivity index (χ1n) is 9.75. The molecule has 0 aliphatic heterocycles. The molecule has 2 aromatic carbocycles. The lowest BCUT2D eigenvalue weighted by atomic mass is 10.0. The van der Waals surface area contributed by atoms with Gasteiger partial charge in [-0.15, -0.1) is 0 Å². The van der Waals surface area contributed by atoms with Crippen molar-refractivity contribution in [1.29, 1.82) is 0 Å². The Kier molecular flexibility index (Phi) is 7.06. The standard InChI is InChI=1S/C23H19BrF5N3O/c1-13-11-12-30-20(19(13)32-21(33)22(25,26)23(27,28)29)31-14(2)15-7-9-16(10-8-15)17-5-3-4-6-18(17)24/h3-12,14H,1-2H3,(H,30,31)(H,32,33). The van der Waals surface area contributed by atoms with Gasteiger partial charge in [0.1, 0.15) is 0 Å². The number of halogens is 6. The van der Waals surface area contributed by atoms with Crippen LogP contribution >= 0.6 is 15.9 Å². The van der Waals surface area contributed by atoms with Crippen molar-refractivity contribution < 1.29 is 26.7 Å². The van der Waals surface area contributed by atoms with Gasteiger partial charge in [0.2, 0.25) is 0 Å². The largest absolute Gasteiger partial charge is 0.463 e. The van der Waals surface area contributed by atoms with Crippen LogP contribution in [-0.2, 0) is 4.79 Å². The van der Waals surface area contributed by atoms with Crippen LogP contribution in [0.4, 0.5) is 33.5 Å². The molecular formula is C23H19BrF5N3O. The maximum atomic E-state index is 13.4. The summed E-state index contributed by atoms with van der Waals surface area (Å²) in [5.74, 6) is -8.04. The Hall–Kier alpha value is -3.01. The molecule has 3 aromatic rings. The van der Waals surface area contributed by atoms with Gasteiger partial charge in [-0.05, 0) is 48.2 Å². The van der Waals surface area contributed by atoms with Crippen molar-refractivity contribution in [3.8, 4) is 11.1 Å². The lowest BCUT2D eigenvalue weighted by molar-refractivity contribution is -0.267. The summed E-state index contributed by atoms with van der Waals surface area (Å²) < 4.78 is 65.4. The van der Waals surface area contributed by atoms with Gasteiger partial charge in [-0.2, -0.15) is 22.0 Å². The van der Waals surface area contributed by atoms with E-state index in [1.54, 1.807) is 12.2 Å². The number of nitrogens with one attached hydrogen (secondary N) is 2. The van der Waals surface area contributed by atoms with Crippen LogP contribution < -0.4 is 10.6 Å². The average molecular weight is 528 g/mol. The van der Waals surface area contributed by atoms with E-state index in [1.165, 1.54) is 19.2 Å². The van der Waals surface area contributed by atoms with Crippen LogP contribution in [0.2, 0.25) is 0 Å². The smallest absolute Gasteiger partial charge is 0.362 e. The number of amides is 1. The fraction of sp³-hybridized carbons (Fsp3) is 0.217. The van der Waals surface area contributed by atoms with Crippen molar-refractivity contribution in [2.45, 2.75) is 32.0 Å². The molecule has 174 valence electrons. The van der Waals surface area contributed by atoms with Crippen molar-refractivity contribution in [2.24, 2.45) is 0 Å². The minimum atomic E-state index is -6.01. The third-order valence-corrected chi connectivity index (χ3v) is 5.68. The zero-order valence-corrected chi connectivity index (χ0v) is 19.1. The number of hydrogen-bond donors (Lipinski definition) is 2. The second-order valence-electron chi connectivity index (χ2n) is 7.35. The van der Waals surface area contributed by atoms with Gasteiger partial charge >= 0.3 is 18.0 Å². The zero-order chi connectivity index (χ0) is 24.4. The fourth-order valence-electron chi connectivity index (χ4n) is 3.08. The highest BCUT2D eigenvalue weighted by molar-refractivity contribution is 9.10. The quantitative estimate of drug-likeness (QED) is 0.335. The van der Waals surface area contributed by atoms with Gasteiger partial charge in [0.05, 0.1) is 11.7 Å². The molecule has 0 saturated heterocycles. The zero-order valence-electron chi connectivity index (χ0n) is 17.5. The lowest BCUT2D eigenvalue weighted by Gasteiger charge is -2.22. The van der Waals surface area contributed by atoms with Crippen LogP contribution in [-0.4, -0.2) is 23.0 Å². The average Bonchev–Trinajstić information content (AvgIpc) is 2.75. The molecule has 0 fully saturated rings. The van der Waals surface area contributed by atoms with Crippen LogP contribution in [0, 0.1) is 6.92 Å². The normalized spacial score (nSPS) is 12.8. The molecule has 0 spiro atoms. The molecule has 33 heavy (non-hydrogen) atoms. The van der Waals surface area contributed by atoms with Crippen LogP contribution in [0.3, 0.4) is 0 Å². The molecule has 0 aliphatic carbocycles. The highest BCUT2D eigenvalue weighted by atomic mass is 79.9. The van der Waals surface area contributed by atoms with Gasteiger partial charge in [-0.25, -0.2) is 4.98 Å². The summed E-state index contributed by atoms with van der Waals surface area (Å²) in [6.45, 7) is 3.23. The number of aryl methyl sites for hydroxylation is 1. The van der Waals surface area contributed by atoms with Crippen LogP contribution in [0.5, 0.6) is 0 Å². The van der Waals surface area contributed by atoms with E-state index in [0.29, 0.717) is 0 Å². The summed E-state index contributed by atoms with van der Waals surface area (Å²) in [6, 6.07) is 16.2. The maximum absolute atomic E-state index is 13.4. The van der Waals surface area contributed by atoms with E-state index in [9.17, 15) is 26.7 Å². The second-order valence-corrected chi connectivity index (χ2v) is 8.20. The summed E-state index contributed by atoms with van der Waals surface area (Å²) in [4.78, 5) is 15.7. The summed E-state index contributed by atoms with van der Waals surface area (Å²) in [5, 5.41) is 4.65. The summed E-state index contributed by atoms with van der Waals surface area (Å²) >= 11 is 3.51. The maximum Gasteiger partial charge on any atom is 0.463 e. The predicted octanol–water partition coefficient (Wildman–Crippen LogP) is 7.13. The Morgan fingerprint density at radius 2 is 1.64 bits per heavy atom. The van der Waals surface area contributed by atoms with Crippen molar-refractivity contribution in [3.63, 3.8) is 0 Å². The molecule has 1 amide bonds. The molecule has 3 rings (SSSR count). The summed E-state index contributed by atoms with van der Waals surface area (Å²) in [5.41, 5.74) is 2.81. The molecular weight excluding hydrogens is 509 g/mol.